The van der Waals surface area contributed by atoms with E-state index in [1.54, 1.807) is 12.3 Å². The van der Waals surface area contributed by atoms with Gasteiger partial charge in [0.2, 0.25) is 0 Å². The Labute approximate surface area is 157 Å². The third-order valence-corrected chi connectivity index (χ3v) is 4.87. The second kappa shape index (κ2) is 7.39. The van der Waals surface area contributed by atoms with Crippen LogP contribution < -0.4 is 5.73 Å². The zero-order chi connectivity index (χ0) is 20.6. The topological polar surface area (TPSA) is 64.7 Å². The summed E-state index contributed by atoms with van der Waals surface area (Å²) in [6.45, 7) is 1.62. The third kappa shape index (κ3) is 4.92. The van der Waals surface area contributed by atoms with Crippen molar-refractivity contribution in [3.8, 4) is 0 Å². The Hall–Kier alpha value is -2.27. The van der Waals surface area contributed by atoms with Crippen molar-refractivity contribution in [3.63, 3.8) is 0 Å². The molecule has 2 rings (SSSR count). The van der Waals surface area contributed by atoms with Crippen LogP contribution in [-0.2, 0) is 17.2 Å². The molecular formula is C15H9ClF6N2O2S. The molecule has 0 aliphatic heterocycles. The van der Waals surface area contributed by atoms with Crippen LogP contribution in [0.1, 0.15) is 31.9 Å². The van der Waals surface area contributed by atoms with Crippen molar-refractivity contribution < 1.29 is 36.0 Å². The first kappa shape index (κ1) is 21.0. The zero-order valence-electron chi connectivity index (χ0n) is 13.2. The Balaban J connectivity index is 2.36. The maximum absolute atomic E-state index is 12.8. The molecule has 0 atom stereocenters. The first-order valence-electron chi connectivity index (χ1n) is 6.89. The number of hydrogen-bond donors (Lipinski definition) is 1. The molecule has 2 N–H and O–H groups in total. The van der Waals surface area contributed by atoms with E-state index in [1.165, 1.54) is 0 Å². The van der Waals surface area contributed by atoms with Gasteiger partial charge in [0.1, 0.15) is 4.88 Å². The lowest BCUT2D eigenvalue weighted by molar-refractivity contribution is -0.143. The van der Waals surface area contributed by atoms with Gasteiger partial charge < -0.3 is 10.6 Å². The van der Waals surface area contributed by atoms with Crippen molar-refractivity contribution in [3.05, 3.63) is 55.7 Å². The minimum atomic E-state index is -5.05. The highest BCUT2D eigenvalue weighted by atomic mass is 35.5. The average molecular weight is 431 g/mol. The van der Waals surface area contributed by atoms with Gasteiger partial charge in [0.05, 0.1) is 16.1 Å². The van der Waals surface area contributed by atoms with Gasteiger partial charge in [-0.2, -0.15) is 26.3 Å². The van der Waals surface area contributed by atoms with E-state index in [9.17, 15) is 31.1 Å². The molecule has 0 aliphatic carbocycles. The molecule has 0 amide bonds. The van der Waals surface area contributed by atoms with Crippen molar-refractivity contribution in [1.82, 2.24) is 0 Å². The van der Waals surface area contributed by atoms with Crippen LogP contribution in [0.25, 0.3) is 0 Å². The number of nitrogens with zero attached hydrogens (tertiary/aromatic N) is 1. The molecule has 0 aliphatic rings. The largest absolute Gasteiger partial charge is 0.416 e. The van der Waals surface area contributed by atoms with Gasteiger partial charge in [0.15, 0.2) is 5.84 Å². The molecule has 0 radical (unpaired) electrons. The van der Waals surface area contributed by atoms with E-state index in [0.717, 1.165) is 11.3 Å². The number of alkyl halides is 6. The van der Waals surface area contributed by atoms with Crippen LogP contribution in [0.15, 0.2) is 28.7 Å². The summed E-state index contributed by atoms with van der Waals surface area (Å²) in [5.41, 5.74) is 2.12. The van der Waals surface area contributed by atoms with Crippen LogP contribution >= 0.6 is 22.9 Å². The predicted molar refractivity (Wildman–Crippen MR) is 86.7 cm³/mol. The summed E-state index contributed by atoms with van der Waals surface area (Å²) in [6.07, 6.45) is -10.1. The molecule has 1 aromatic heterocycles. The van der Waals surface area contributed by atoms with Crippen LogP contribution in [0.2, 0.25) is 5.02 Å². The molecule has 27 heavy (non-hydrogen) atoms. The average Bonchev–Trinajstić information content (AvgIpc) is 2.89. The minimum Gasteiger partial charge on any atom is -0.380 e. The first-order chi connectivity index (χ1) is 12.3. The fourth-order valence-electron chi connectivity index (χ4n) is 1.86. The van der Waals surface area contributed by atoms with Gasteiger partial charge in [-0.15, -0.1) is 11.3 Å². The van der Waals surface area contributed by atoms with E-state index < -0.39 is 40.8 Å². The van der Waals surface area contributed by atoms with Crippen LogP contribution in [0.3, 0.4) is 0 Å². The Morgan fingerprint density at radius 2 is 1.63 bits per heavy atom. The molecule has 2 aromatic rings. The molecule has 0 saturated heterocycles. The van der Waals surface area contributed by atoms with Crippen LogP contribution in [0.4, 0.5) is 26.3 Å². The minimum absolute atomic E-state index is 0.0364. The van der Waals surface area contributed by atoms with Crippen LogP contribution in [0, 0.1) is 6.92 Å². The number of rotatable bonds is 3. The molecular weight excluding hydrogens is 422 g/mol. The van der Waals surface area contributed by atoms with Gasteiger partial charge in [-0.1, -0.05) is 16.8 Å². The van der Waals surface area contributed by atoms with Gasteiger partial charge in [0.25, 0.3) is 0 Å². The number of aryl methyl sites for hydroxylation is 1. The molecule has 0 bridgehead atoms. The predicted octanol–water partition coefficient (Wildman–Crippen LogP) is 5.22. The lowest BCUT2D eigenvalue weighted by Gasteiger charge is -2.13. The second-order valence-corrected chi connectivity index (χ2v) is 6.47. The SMILES string of the molecule is Cc1csc(C(=O)ON=C(N)c2cc(C(F)(F)F)cc(C(F)(F)F)c2)c1Cl. The summed E-state index contributed by atoms with van der Waals surface area (Å²) in [5, 5.41) is 4.77. The summed E-state index contributed by atoms with van der Waals surface area (Å²) >= 11 is 6.79. The fourth-order valence-corrected chi connectivity index (χ4v) is 3.00. The van der Waals surface area contributed by atoms with Crippen molar-refractivity contribution in [2.75, 3.05) is 0 Å². The Kier molecular flexibility index (Phi) is 5.76. The van der Waals surface area contributed by atoms with E-state index in [2.05, 4.69) is 9.99 Å². The normalized spacial score (nSPS) is 13.0. The van der Waals surface area contributed by atoms with Crippen molar-refractivity contribution in [2.24, 2.45) is 10.9 Å². The summed E-state index contributed by atoms with van der Waals surface area (Å²) in [6, 6.07) is 0.672. The molecule has 12 heteroatoms. The number of hydrogen-bond acceptors (Lipinski definition) is 4. The van der Waals surface area contributed by atoms with E-state index in [1.807, 2.05) is 0 Å². The second-order valence-electron chi connectivity index (χ2n) is 5.21. The molecule has 0 spiro atoms. The first-order valence-corrected chi connectivity index (χ1v) is 8.14. The standard InChI is InChI=1S/C15H9ClF6N2O2S/c1-6-5-27-11(10(6)16)13(25)26-24-12(23)7-2-8(14(17,18)19)4-9(3-7)15(20,21)22/h2-5H,1H3,(H2,23,24). The van der Waals surface area contributed by atoms with E-state index >= 15 is 0 Å². The lowest BCUT2D eigenvalue weighted by Crippen LogP contribution is -2.19. The third-order valence-electron chi connectivity index (χ3n) is 3.19. The maximum atomic E-state index is 12.8. The molecule has 0 fully saturated rings. The number of halogens is 7. The van der Waals surface area contributed by atoms with Gasteiger partial charge in [-0.05, 0) is 36.1 Å². The molecule has 146 valence electrons. The number of benzene rings is 1. The number of carbonyl (C=O) groups excluding carboxylic acids is 1. The smallest absolute Gasteiger partial charge is 0.380 e. The highest BCUT2D eigenvalue weighted by Crippen LogP contribution is 2.36. The number of thiophene rings is 1. The fraction of sp³-hybridized carbons (Fsp3) is 0.200. The lowest BCUT2D eigenvalue weighted by atomic mass is 10.0. The van der Waals surface area contributed by atoms with Gasteiger partial charge in [0, 0.05) is 5.56 Å². The maximum Gasteiger partial charge on any atom is 0.416 e. The highest BCUT2D eigenvalue weighted by Gasteiger charge is 2.37. The van der Waals surface area contributed by atoms with Crippen molar-refractivity contribution in [1.29, 1.82) is 0 Å². The molecule has 1 heterocycles. The number of amidine groups is 1. The van der Waals surface area contributed by atoms with E-state index in [-0.39, 0.29) is 16.0 Å². The number of nitrogens with two attached hydrogens (primary N) is 1. The number of carbonyl (C=O) groups is 1. The molecule has 0 unspecified atom stereocenters. The quantitative estimate of drug-likeness (QED) is 0.238. The van der Waals surface area contributed by atoms with Crippen molar-refractivity contribution >= 4 is 34.7 Å². The van der Waals surface area contributed by atoms with Gasteiger partial charge >= 0.3 is 18.3 Å². The van der Waals surface area contributed by atoms with Gasteiger partial charge in [-0.25, -0.2) is 4.79 Å². The number of oxime groups is 1. The summed E-state index contributed by atoms with van der Waals surface area (Å²) in [4.78, 5) is 16.3. The summed E-state index contributed by atoms with van der Waals surface area (Å²) in [5.74, 6) is -1.89. The molecule has 4 nitrogen and oxygen atoms in total. The zero-order valence-corrected chi connectivity index (χ0v) is 14.8. The Bertz CT molecular complexity index is 872. The Morgan fingerprint density at radius 3 is 2.04 bits per heavy atom. The molecule has 0 saturated carbocycles. The summed E-state index contributed by atoms with van der Waals surface area (Å²) < 4.78 is 77.0. The van der Waals surface area contributed by atoms with Crippen LogP contribution in [0.5, 0.6) is 0 Å². The highest BCUT2D eigenvalue weighted by molar-refractivity contribution is 7.12. The monoisotopic (exact) mass is 430 g/mol. The Morgan fingerprint density at radius 1 is 1.11 bits per heavy atom. The van der Waals surface area contributed by atoms with Crippen molar-refractivity contribution in [2.45, 2.75) is 19.3 Å². The summed E-state index contributed by atoms with van der Waals surface area (Å²) in [7, 11) is 0. The van der Waals surface area contributed by atoms with E-state index in [4.69, 9.17) is 17.3 Å². The van der Waals surface area contributed by atoms with Gasteiger partial charge in [-0.3, -0.25) is 0 Å². The molecule has 1 aromatic carbocycles. The van der Waals surface area contributed by atoms with E-state index in [0.29, 0.717) is 17.7 Å². The van der Waals surface area contributed by atoms with Crippen LogP contribution in [-0.4, -0.2) is 11.8 Å².